The zero-order valence-electron chi connectivity index (χ0n) is 17.0. The number of nitrogens with one attached hydrogen (secondary N) is 2. The molecule has 0 aromatic carbocycles. The summed E-state index contributed by atoms with van der Waals surface area (Å²) in [5.41, 5.74) is 0. The molecule has 0 spiro atoms. The molecular formula is C22H44N2O. The molecule has 2 rings (SSSR count). The molecule has 3 nitrogen and oxygen atoms in total. The summed E-state index contributed by atoms with van der Waals surface area (Å²) in [6, 6.07) is 0. The first-order valence-corrected chi connectivity index (χ1v) is 11.4. The topological polar surface area (TPSA) is 33.3 Å². The molecule has 2 fully saturated rings. The van der Waals surface area contributed by atoms with Gasteiger partial charge in [-0.1, -0.05) is 58.8 Å². The predicted molar refractivity (Wildman–Crippen MR) is 108 cm³/mol. The van der Waals surface area contributed by atoms with Gasteiger partial charge in [-0.15, -0.1) is 0 Å². The maximum Gasteiger partial charge on any atom is 0.0600 e. The molecule has 2 aliphatic rings. The van der Waals surface area contributed by atoms with E-state index in [4.69, 9.17) is 4.74 Å². The summed E-state index contributed by atoms with van der Waals surface area (Å²) in [6.45, 7) is 7.94. The summed E-state index contributed by atoms with van der Waals surface area (Å²) in [4.78, 5) is 0. The highest BCUT2D eigenvalue weighted by atomic mass is 16.5. The van der Waals surface area contributed by atoms with Gasteiger partial charge in [0.25, 0.3) is 0 Å². The molecule has 1 heterocycles. The fourth-order valence-corrected chi connectivity index (χ4v) is 4.47. The Morgan fingerprint density at radius 2 is 1.40 bits per heavy atom. The second-order valence-electron chi connectivity index (χ2n) is 8.48. The Kier molecular flexibility index (Phi) is 11.1. The maximum atomic E-state index is 6.01. The number of rotatable bonds is 12. The van der Waals surface area contributed by atoms with Crippen molar-refractivity contribution in [2.75, 3.05) is 19.7 Å². The monoisotopic (exact) mass is 352 g/mol. The van der Waals surface area contributed by atoms with Crippen molar-refractivity contribution < 1.29 is 4.74 Å². The third-order valence-electron chi connectivity index (χ3n) is 6.26. The summed E-state index contributed by atoms with van der Waals surface area (Å²) >= 11 is 0. The predicted octanol–water partition coefficient (Wildman–Crippen LogP) is 5.25. The fourth-order valence-electron chi connectivity index (χ4n) is 4.47. The molecule has 0 aromatic heterocycles. The third-order valence-corrected chi connectivity index (χ3v) is 6.26. The van der Waals surface area contributed by atoms with Gasteiger partial charge in [0.05, 0.1) is 12.3 Å². The van der Waals surface area contributed by atoms with E-state index in [1.54, 1.807) is 0 Å². The van der Waals surface area contributed by atoms with Crippen LogP contribution in [0.2, 0.25) is 0 Å². The van der Waals surface area contributed by atoms with Gasteiger partial charge < -0.3 is 15.4 Å². The number of hydrogen-bond donors (Lipinski definition) is 2. The Balaban J connectivity index is 1.51. The smallest absolute Gasteiger partial charge is 0.0600 e. The molecule has 0 unspecified atom stereocenters. The van der Waals surface area contributed by atoms with E-state index >= 15 is 0 Å². The average Bonchev–Trinajstić information content (AvgIpc) is 2.66. The lowest BCUT2D eigenvalue weighted by Crippen LogP contribution is -2.56. The molecule has 0 amide bonds. The van der Waals surface area contributed by atoms with Crippen LogP contribution in [0.3, 0.4) is 0 Å². The normalized spacial score (nSPS) is 30.5. The van der Waals surface area contributed by atoms with Crippen LogP contribution in [-0.4, -0.2) is 32.0 Å². The molecule has 0 radical (unpaired) electrons. The van der Waals surface area contributed by atoms with Gasteiger partial charge in [0, 0.05) is 19.7 Å². The Morgan fingerprint density at radius 3 is 2.08 bits per heavy atom. The van der Waals surface area contributed by atoms with Crippen molar-refractivity contribution in [1.29, 1.82) is 0 Å². The first kappa shape index (κ1) is 21.2. The van der Waals surface area contributed by atoms with E-state index in [2.05, 4.69) is 24.5 Å². The third kappa shape index (κ3) is 8.41. The molecule has 148 valence electrons. The number of ether oxygens (including phenoxy) is 1. The van der Waals surface area contributed by atoms with E-state index < -0.39 is 0 Å². The Morgan fingerprint density at radius 1 is 0.760 bits per heavy atom. The summed E-state index contributed by atoms with van der Waals surface area (Å²) < 4.78 is 6.01. The lowest BCUT2D eigenvalue weighted by molar-refractivity contribution is 0.00899. The van der Waals surface area contributed by atoms with Crippen molar-refractivity contribution in [3.8, 4) is 0 Å². The summed E-state index contributed by atoms with van der Waals surface area (Å²) in [7, 11) is 0. The largest absolute Gasteiger partial charge is 0.378 e. The Hall–Kier alpha value is -0.120. The fraction of sp³-hybridized carbons (Fsp3) is 1.00. The van der Waals surface area contributed by atoms with Gasteiger partial charge in [-0.3, -0.25) is 0 Å². The Labute approximate surface area is 157 Å². The minimum atomic E-state index is 0.534. The number of hydrogen-bond acceptors (Lipinski definition) is 3. The SMILES string of the molecule is CCCCCCCCC1CNC(C2CCC(OCCCC)CC2)NC1. The van der Waals surface area contributed by atoms with Crippen molar-refractivity contribution in [2.45, 2.75) is 110 Å². The second kappa shape index (κ2) is 13.1. The van der Waals surface area contributed by atoms with Gasteiger partial charge in [-0.25, -0.2) is 0 Å². The van der Waals surface area contributed by atoms with Crippen LogP contribution in [0.25, 0.3) is 0 Å². The van der Waals surface area contributed by atoms with Gasteiger partial charge in [-0.2, -0.15) is 0 Å². The van der Waals surface area contributed by atoms with Crippen molar-refractivity contribution >= 4 is 0 Å². The minimum absolute atomic E-state index is 0.534. The van der Waals surface area contributed by atoms with E-state index in [0.29, 0.717) is 12.3 Å². The standard InChI is InChI=1S/C22H44N2O/c1-3-5-7-8-9-10-11-19-17-23-22(24-18-19)20-12-14-21(15-13-20)25-16-6-4-2/h19-24H,3-18H2,1-2H3. The highest BCUT2D eigenvalue weighted by Crippen LogP contribution is 2.29. The quantitative estimate of drug-likeness (QED) is 0.471. The van der Waals surface area contributed by atoms with Gasteiger partial charge in [-0.05, 0) is 50.4 Å². The van der Waals surface area contributed by atoms with E-state index in [1.165, 1.54) is 96.6 Å². The van der Waals surface area contributed by atoms with E-state index in [1.807, 2.05) is 0 Å². The van der Waals surface area contributed by atoms with Crippen LogP contribution in [0, 0.1) is 11.8 Å². The van der Waals surface area contributed by atoms with Crippen LogP contribution in [-0.2, 0) is 4.74 Å². The van der Waals surface area contributed by atoms with Gasteiger partial charge in [0.1, 0.15) is 0 Å². The first-order chi connectivity index (χ1) is 12.3. The average molecular weight is 353 g/mol. The van der Waals surface area contributed by atoms with Crippen molar-refractivity contribution in [1.82, 2.24) is 10.6 Å². The molecule has 25 heavy (non-hydrogen) atoms. The summed E-state index contributed by atoms with van der Waals surface area (Å²) in [5.74, 6) is 1.65. The zero-order valence-corrected chi connectivity index (χ0v) is 17.0. The van der Waals surface area contributed by atoms with E-state index in [9.17, 15) is 0 Å². The second-order valence-corrected chi connectivity index (χ2v) is 8.48. The van der Waals surface area contributed by atoms with Crippen LogP contribution >= 0.6 is 0 Å². The molecule has 3 heteroatoms. The molecule has 1 aliphatic carbocycles. The zero-order chi connectivity index (χ0) is 17.7. The Bertz CT molecular complexity index is 307. The van der Waals surface area contributed by atoms with Crippen molar-refractivity contribution in [3.63, 3.8) is 0 Å². The highest BCUT2D eigenvalue weighted by Gasteiger charge is 2.30. The first-order valence-electron chi connectivity index (χ1n) is 11.4. The molecule has 1 saturated heterocycles. The van der Waals surface area contributed by atoms with Crippen LogP contribution in [0.1, 0.15) is 97.3 Å². The van der Waals surface area contributed by atoms with E-state index in [0.717, 1.165) is 18.4 Å². The molecule has 0 bridgehead atoms. The van der Waals surface area contributed by atoms with Gasteiger partial charge in [0.15, 0.2) is 0 Å². The van der Waals surface area contributed by atoms with Gasteiger partial charge in [0.2, 0.25) is 0 Å². The molecule has 2 N–H and O–H groups in total. The lowest BCUT2D eigenvalue weighted by Gasteiger charge is -2.39. The highest BCUT2D eigenvalue weighted by molar-refractivity contribution is 4.85. The molecule has 0 atom stereocenters. The molecule has 1 aliphatic heterocycles. The van der Waals surface area contributed by atoms with Gasteiger partial charge >= 0.3 is 0 Å². The molecular weight excluding hydrogens is 308 g/mol. The van der Waals surface area contributed by atoms with Crippen molar-refractivity contribution in [2.24, 2.45) is 11.8 Å². The summed E-state index contributed by atoms with van der Waals surface area (Å²) in [6.07, 6.45) is 18.6. The van der Waals surface area contributed by atoms with Crippen LogP contribution < -0.4 is 10.6 Å². The molecule has 1 saturated carbocycles. The number of unbranched alkanes of at least 4 members (excludes halogenated alkanes) is 6. The van der Waals surface area contributed by atoms with Crippen molar-refractivity contribution in [3.05, 3.63) is 0 Å². The lowest BCUT2D eigenvalue weighted by atomic mass is 9.84. The van der Waals surface area contributed by atoms with Crippen LogP contribution in [0.4, 0.5) is 0 Å². The van der Waals surface area contributed by atoms with Crippen LogP contribution in [0.5, 0.6) is 0 Å². The maximum absolute atomic E-state index is 6.01. The van der Waals surface area contributed by atoms with Crippen LogP contribution in [0.15, 0.2) is 0 Å². The minimum Gasteiger partial charge on any atom is -0.378 e. The van der Waals surface area contributed by atoms with E-state index in [-0.39, 0.29) is 0 Å². The molecule has 0 aromatic rings. The summed E-state index contributed by atoms with van der Waals surface area (Å²) in [5, 5.41) is 7.63.